The molecule has 3 heterocycles. The molecule has 9 heteroatoms. The molecule has 1 fully saturated rings. The van der Waals surface area contributed by atoms with Gasteiger partial charge in [0.15, 0.2) is 0 Å². The Labute approximate surface area is 180 Å². The summed E-state index contributed by atoms with van der Waals surface area (Å²) in [6.45, 7) is 3.10. The summed E-state index contributed by atoms with van der Waals surface area (Å²) in [5, 5.41) is 9.72. The molecule has 9 nitrogen and oxygen atoms in total. The molecule has 0 radical (unpaired) electrons. The van der Waals surface area contributed by atoms with Crippen LogP contribution in [0, 0.1) is 0 Å². The highest BCUT2D eigenvalue weighted by molar-refractivity contribution is 5.89. The van der Waals surface area contributed by atoms with E-state index in [9.17, 15) is 9.59 Å². The van der Waals surface area contributed by atoms with E-state index in [0.29, 0.717) is 18.8 Å². The fourth-order valence-corrected chi connectivity index (χ4v) is 3.49. The largest absolute Gasteiger partial charge is 0.353 e. The molecule has 0 saturated carbocycles. The SMILES string of the molecule is O=C(NCCC(=O)N1CCN(c2ccccn2)CC1)Nc1cccc(-n2cccn2)c1. The summed E-state index contributed by atoms with van der Waals surface area (Å²) < 4.78 is 1.72. The standard InChI is InChI=1S/C22H25N7O2/c30-21(28-15-13-27(14-16-28)20-7-1-2-9-23-20)8-11-24-22(31)26-18-5-3-6-19(17-18)29-12-4-10-25-29/h1-7,9-10,12,17H,8,11,13-16H2,(H2,24,26,31). The normalized spacial score (nSPS) is 13.7. The summed E-state index contributed by atoms with van der Waals surface area (Å²) in [4.78, 5) is 33.0. The molecule has 160 valence electrons. The molecule has 0 bridgehead atoms. The van der Waals surface area contributed by atoms with Crippen molar-refractivity contribution in [1.82, 2.24) is 25.0 Å². The number of rotatable bonds is 6. The van der Waals surface area contributed by atoms with Crippen LogP contribution < -0.4 is 15.5 Å². The lowest BCUT2D eigenvalue weighted by atomic mass is 10.2. The molecule has 0 aliphatic carbocycles. The van der Waals surface area contributed by atoms with Gasteiger partial charge in [0.25, 0.3) is 0 Å². The van der Waals surface area contributed by atoms with Crippen molar-refractivity contribution in [3.8, 4) is 5.69 Å². The number of aromatic nitrogens is 3. The highest BCUT2D eigenvalue weighted by atomic mass is 16.2. The fourth-order valence-electron chi connectivity index (χ4n) is 3.49. The number of hydrogen-bond donors (Lipinski definition) is 2. The number of nitrogens with one attached hydrogen (secondary N) is 2. The van der Waals surface area contributed by atoms with Crippen LogP contribution in [0.4, 0.5) is 16.3 Å². The van der Waals surface area contributed by atoms with Crippen LogP contribution in [0.1, 0.15) is 6.42 Å². The van der Waals surface area contributed by atoms with Gasteiger partial charge in [-0.2, -0.15) is 5.10 Å². The predicted octanol–water partition coefficient (Wildman–Crippen LogP) is 2.13. The van der Waals surface area contributed by atoms with Crippen LogP contribution in [-0.4, -0.2) is 64.3 Å². The molecule has 1 aromatic carbocycles. The van der Waals surface area contributed by atoms with E-state index in [2.05, 4.69) is 25.6 Å². The van der Waals surface area contributed by atoms with E-state index in [1.807, 2.05) is 53.6 Å². The van der Waals surface area contributed by atoms with Crippen molar-refractivity contribution in [2.75, 3.05) is 42.9 Å². The van der Waals surface area contributed by atoms with Crippen LogP contribution in [0.3, 0.4) is 0 Å². The molecule has 1 saturated heterocycles. The van der Waals surface area contributed by atoms with Crippen molar-refractivity contribution in [2.24, 2.45) is 0 Å². The molecule has 3 aromatic rings. The predicted molar refractivity (Wildman–Crippen MR) is 118 cm³/mol. The molecule has 0 atom stereocenters. The zero-order chi connectivity index (χ0) is 21.5. The number of carbonyl (C=O) groups is 2. The monoisotopic (exact) mass is 419 g/mol. The van der Waals surface area contributed by atoms with Crippen LogP contribution in [0.25, 0.3) is 5.69 Å². The molecule has 2 N–H and O–H groups in total. The van der Waals surface area contributed by atoms with Crippen LogP contribution in [0.2, 0.25) is 0 Å². The van der Waals surface area contributed by atoms with Crippen LogP contribution in [-0.2, 0) is 4.79 Å². The average molecular weight is 419 g/mol. The van der Waals surface area contributed by atoms with E-state index < -0.39 is 0 Å². The maximum absolute atomic E-state index is 12.5. The van der Waals surface area contributed by atoms with Gasteiger partial charge in [0, 0.05) is 63.4 Å². The number of amides is 3. The van der Waals surface area contributed by atoms with Gasteiger partial charge in [0.05, 0.1) is 5.69 Å². The maximum atomic E-state index is 12.5. The van der Waals surface area contributed by atoms with Gasteiger partial charge in [-0.15, -0.1) is 0 Å². The summed E-state index contributed by atoms with van der Waals surface area (Å²) >= 11 is 0. The van der Waals surface area contributed by atoms with Gasteiger partial charge in [0.2, 0.25) is 5.91 Å². The number of pyridine rings is 1. The minimum atomic E-state index is -0.342. The lowest BCUT2D eigenvalue weighted by molar-refractivity contribution is -0.131. The Morgan fingerprint density at radius 1 is 0.968 bits per heavy atom. The fraction of sp³-hybridized carbons (Fsp3) is 0.273. The lowest BCUT2D eigenvalue weighted by Crippen LogP contribution is -2.49. The topological polar surface area (TPSA) is 95.4 Å². The number of piperazine rings is 1. The first-order chi connectivity index (χ1) is 15.2. The van der Waals surface area contributed by atoms with Gasteiger partial charge < -0.3 is 20.4 Å². The summed E-state index contributed by atoms with van der Waals surface area (Å²) in [6.07, 6.45) is 5.57. The molecule has 1 aliphatic rings. The molecule has 2 aromatic heterocycles. The number of anilines is 2. The summed E-state index contributed by atoms with van der Waals surface area (Å²) in [5.41, 5.74) is 1.50. The quantitative estimate of drug-likeness (QED) is 0.638. The van der Waals surface area contributed by atoms with Crippen molar-refractivity contribution >= 4 is 23.4 Å². The van der Waals surface area contributed by atoms with Gasteiger partial charge >= 0.3 is 6.03 Å². The molecular weight excluding hydrogens is 394 g/mol. The minimum Gasteiger partial charge on any atom is -0.353 e. The molecule has 4 rings (SSSR count). The van der Waals surface area contributed by atoms with Crippen molar-refractivity contribution in [3.05, 3.63) is 67.1 Å². The Balaban J connectivity index is 1.19. The van der Waals surface area contributed by atoms with Gasteiger partial charge in [-0.05, 0) is 36.4 Å². The molecular formula is C22H25N7O2. The van der Waals surface area contributed by atoms with E-state index in [4.69, 9.17) is 0 Å². The molecule has 0 unspecified atom stereocenters. The first kappa shape index (κ1) is 20.4. The Morgan fingerprint density at radius 2 is 1.84 bits per heavy atom. The number of carbonyl (C=O) groups excluding carboxylic acids is 2. The number of nitrogens with zero attached hydrogens (tertiary/aromatic N) is 5. The van der Waals surface area contributed by atoms with Gasteiger partial charge in [-0.25, -0.2) is 14.5 Å². The van der Waals surface area contributed by atoms with Crippen molar-refractivity contribution in [1.29, 1.82) is 0 Å². The van der Waals surface area contributed by atoms with Gasteiger partial charge in [-0.1, -0.05) is 12.1 Å². The van der Waals surface area contributed by atoms with Crippen molar-refractivity contribution in [2.45, 2.75) is 6.42 Å². The van der Waals surface area contributed by atoms with Crippen LogP contribution in [0.15, 0.2) is 67.1 Å². The summed E-state index contributed by atoms with van der Waals surface area (Å²) in [5.74, 6) is 0.978. The van der Waals surface area contributed by atoms with Crippen LogP contribution in [0.5, 0.6) is 0 Å². The van der Waals surface area contributed by atoms with Gasteiger partial charge in [-0.3, -0.25) is 4.79 Å². The Kier molecular flexibility index (Phi) is 6.41. The van der Waals surface area contributed by atoms with E-state index in [-0.39, 0.29) is 24.9 Å². The lowest BCUT2D eigenvalue weighted by Gasteiger charge is -2.35. The van der Waals surface area contributed by atoms with Crippen molar-refractivity contribution in [3.63, 3.8) is 0 Å². The maximum Gasteiger partial charge on any atom is 0.319 e. The van der Waals surface area contributed by atoms with E-state index in [1.165, 1.54) is 0 Å². The summed E-state index contributed by atoms with van der Waals surface area (Å²) in [6, 6.07) is 14.7. The minimum absolute atomic E-state index is 0.0432. The third kappa shape index (κ3) is 5.39. The smallest absolute Gasteiger partial charge is 0.319 e. The Morgan fingerprint density at radius 3 is 2.58 bits per heavy atom. The first-order valence-corrected chi connectivity index (χ1v) is 10.3. The second-order valence-electron chi connectivity index (χ2n) is 7.19. The molecule has 1 aliphatic heterocycles. The second kappa shape index (κ2) is 9.75. The Hall–Kier alpha value is -3.88. The van der Waals surface area contributed by atoms with Crippen LogP contribution >= 0.6 is 0 Å². The second-order valence-corrected chi connectivity index (χ2v) is 7.19. The molecule has 31 heavy (non-hydrogen) atoms. The van der Waals surface area contributed by atoms with E-state index >= 15 is 0 Å². The third-order valence-corrected chi connectivity index (χ3v) is 5.10. The van der Waals surface area contributed by atoms with E-state index in [1.54, 1.807) is 23.1 Å². The zero-order valence-electron chi connectivity index (χ0n) is 17.1. The number of hydrogen-bond acceptors (Lipinski definition) is 5. The van der Waals surface area contributed by atoms with E-state index in [0.717, 1.165) is 24.6 Å². The molecule has 3 amide bonds. The number of benzene rings is 1. The zero-order valence-corrected chi connectivity index (χ0v) is 17.1. The summed E-state index contributed by atoms with van der Waals surface area (Å²) in [7, 11) is 0. The van der Waals surface area contributed by atoms with Gasteiger partial charge in [0.1, 0.15) is 5.82 Å². The van der Waals surface area contributed by atoms with Crippen molar-refractivity contribution < 1.29 is 9.59 Å². The Bertz CT molecular complexity index is 1000. The highest BCUT2D eigenvalue weighted by Crippen LogP contribution is 2.14. The third-order valence-electron chi connectivity index (χ3n) is 5.10. The number of urea groups is 1. The average Bonchev–Trinajstić information content (AvgIpc) is 3.35. The molecule has 0 spiro atoms. The highest BCUT2D eigenvalue weighted by Gasteiger charge is 2.21. The first-order valence-electron chi connectivity index (χ1n) is 10.3.